The van der Waals surface area contributed by atoms with Gasteiger partial charge in [0.25, 0.3) is 5.91 Å². The van der Waals surface area contributed by atoms with Gasteiger partial charge >= 0.3 is 0 Å². The van der Waals surface area contributed by atoms with Gasteiger partial charge in [0.2, 0.25) is 0 Å². The summed E-state index contributed by atoms with van der Waals surface area (Å²) in [6, 6.07) is 5.41. The molecule has 0 saturated carbocycles. The van der Waals surface area contributed by atoms with E-state index in [1.165, 1.54) is 0 Å². The van der Waals surface area contributed by atoms with Crippen molar-refractivity contribution in [3.05, 3.63) is 47.5 Å². The van der Waals surface area contributed by atoms with Gasteiger partial charge in [0.1, 0.15) is 11.6 Å². The molecule has 5 nitrogen and oxygen atoms in total. The predicted molar refractivity (Wildman–Crippen MR) is 72.4 cm³/mol. The molecule has 1 amide bonds. The van der Waals surface area contributed by atoms with Crippen molar-refractivity contribution in [1.29, 1.82) is 0 Å². The summed E-state index contributed by atoms with van der Waals surface area (Å²) in [5, 5.41) is 2.85. The summed E-state index contributed by atoms with van der Waals surface area (Å²) in [5.41, 5.74) is 1.61. The second-order valence-corrected chi connectivity index (χ2v) is 4.23. The molecule has 0 fully saturated rings. The van der Waals surface area contributed by atoms with Crippen LogP contribution in [0.5, 0.6) is 5.75 Å². The van der Waals surface area contributed by atoms with Gasteiger partial charge in [-0.3, -0.25) is 4.79 Å². The number of hydrogen-bond acceptors (Lipinski definition) is 3. The minimum atomic E-state index is -0.107. The third-order valence-electron chi connectivity index (χ3n) is 2.87. The number of benzene rings is 1. The van der Waals surface area contributed by atoms with E-state index in [-0.39, 0.29) is 5.91 Å². The maximum atomic E-state index is 12.0. The Balaban J connectivity index is 1.92. The molecule has 0 radical (unpaired) electrons. The minimum Gasteiger partial charge on any atom is -0.496 e. The van der Waals surface area contributed by atoms with Gasteiger partial charge in [0.15, 0.2) is 0 Å². The Morgan fingerprint density at radius 3 is 3.00 bits per heavy atom. The minimum absolute atomic E-state index is 0.107. The number of carbonyl (C=O) groups excluding carboxylic acids is 1. The smallest absolute Gasteiger partial charge is 0.251 e. The molecule has 0 aliphatic carbocycles. The fraction of sp³-hybridized carbons (Fsp3) is 0.286. The Bertz CT molecular complexity index is 550. The Kier molecular flexibility index (Phi) is 4.18. The fourth-order valence-electron chi connectivity index (χ4n) is 1.79. The highest BCUT2D eigenvalue weighted by Crippen LogP contribution is 2.18. The first kappa shape index (κ1) is 13.1. The molecular formula is C14H17N3O2. The van der Waals surface area contributed by atoms with Crippen molar-refractivity contribution in [1.82, 2.24) is 15.3 Å². The van der Waals surface area contributed by atoms with Crippen LogP contribution in [-0.4, -0.2) is 29.5 Å². The van der Waals surface area contributed by atoms with Crippen molar-refractivity contribution in [3.8, 4) is 5.75 Å². The van der Waals surface area contributed by atoms with E-state index in [2.05, 4.69) is 15.3 Å². The summed E-state index contributed by atoms with van der Waals surface area (Å²) in [7, 11) is 1.60. The normalized spacial score (nSPS) is 10.2. The Labute approximate surface area is 112 Å². The van der Waals surface area contributed by atoms with Gasteiger partial charge in [-0.1, -0.05) is 6.07 Å². The van der Waals surface area contributed by atoms with Crippen LogP contribution < -0.4 is 10.1 Å². The predicted octanol–water partition coefficient (Wildman–Crippen LogP) is 1.70. The fourth-order valence-corrected chi connectivity index (χ4v) is 1.79. The number of imidazole rings is 1. The van der Waals surface area contributed by atoms with Gasteiger partial charge < -0.3 is 15.0 Å². The summed E-state index contributed by atoms with van der Waals surface area (Å²) < 4.78 is 5.20. The molecular weight excluding hydrogens is 242 g/mol. The largest absolute Gasteiger partial charge is 0.496 e. The molecule has 2 rings (SSSR count). The number of ether oxygens (including phenoxy) is 1. The number of hydrogen-bond donors (Lipinski definition) is 2. The molecule has 100 valence electrons. The first-order chi connectivity index (χ1) is 9.20. The molecule has 2 N–H and O–H groups in total. The van der Waals surface area contributed by atoms with E-state index in [9.17, 15) is 4.79 Å². The van der Waals surface area contributed by atoms with Crippen molar-refractivity contribution in [2.75, 3.05) is 13.7 Å². The first-order valence-electron chi connectivity index (χ1n) is 6.12. The summed E-state index contributed by atoms with van der Waals surface area (Å²) in [6.45, 7) is 2.49. The van der Waals surface area contributed by atoms with Gasteiger partial charge in [-0.15, -0.1) is 0 Å². The monoisotopic (exact) mass is 259 g/mol. The lowest BCUT2D eigenvalue weighted by molar-refractivity contribution is 0.0953. The van der Waals surface area contributed by atoms with E-state index >= 15 is 0 Å². The van der Waals surface area contributed by atoms with E-state index in [1.807, 2.05) is 13.0 Å². The van der Waals surface area contributed by atoms with Crippen molar-refractivity contribution >= 4 is 5.91 Å². The Hall–Kier alpha value is -2.30. The van der Waals surface area contributed by atoms with E-state index in [1.54, 1.807) is 31.6 Å². The third-order valence-corrected chi connectivity index (χ3v) is 2.87. The second kappa shape index (κ2) is 6.04. The molecule has 1 aromatic heterocycles. The third kappa shape index (κ3) is 3.34. The molecule has 0 saturated heterocycles. The molecule has 5 heteroatoms. The lowest BCUT2D eigenvalue weighted by Gasteiger charge is -2.08. The number of rotatable bonds is 5. The zero-order valence-electron chi connectivity index (χ0n) is 11.1. The van der Waals surface area contributed by atoms with Crippen LogP contribution >= 0.6 is 0 Å². The average molecular weight is 259 g/mol. The standard InChI is InChI=1S/C14H17N3O2/c1-10-3-4-11(9-12(10)19-2)14(18)17-6-5-13-15-7-8-16-13/h3-4,7-9H,5-6H2,1-2H3,(H,15,16)(H,17,18). The summed E-state index contributed by atoms with van der Waals surface area (Å²) >= 11 is 0. The SMILES string of the molecule is COc1cc(C(=O)NCCc2ncc[nH]2)ccc1C. The number of methoxy groups -OCH3 is 1. The zero-order valence-corrected chi connectivity index (χ0v) is 11.1. The van der Waals surface area contributed by atoms with Gasteiger partial charge in [0, 0.05) is 30.9 Å². The average Bonchev–Trinajstić information content (AvgIpc) is 2.92. The van der Waals surface area contributed by atoms with Crippen LogP contribution in [-0.2, 0) is 6.42 Å². The van der Waals surface area contributed by atoms with E-state index in [4.69, 9.17) is 4.74 Å². The quantitative estimate of drug-likeness (QED) is 0.858. The number of aryl methyl sites for hydroxylation is 1. The van der Waals surface area contributed by atoms with Gasteiger partial charge in [0.05, 0.1) is 7.11 Å². The number of aromatic amines is 1. The van der Waals surface area contributed by atoms with Crippen molar-refractivity contribution < 1.29 is 9.53 Å². The summed E-state index contributed by atoms with van der Waals surface area (Å²) in [6.07, 6.45) is 4.14. The molecule has 0 aliphatic rings. The first-order valence-corrected chi connectivity index (χ1v) is 6.12. The molecule has 0 spiro atoms. The van der Waals surface area contributed by atoms with E-state index in [0.717, 1.165) is 17.1 Å². The second-order valence-electron chi connectivity index (χ2n) is 4.23. The summed E-state index contributed by atoms with van der Waals surface area (Å²) in [4.78, 5) is 19.0. The van der Waals surface area contributed by atoms with Gasteiger partial charge in [-0.25, -0.2) is 4.98 Å². The van der Waals surface area contributed by atoms with Gasteiger partial charge in [-0.05, 0) is 24.6 Å². The highest BCUT2D eigenvalue weighted by molar-refractivity contribution is 5.94. The molecule has 0 unspecified atom stereocenters. The zero-order chi connectivity index (χ0) is 13.7. The molecule has 0 aliphatic heterocycles. The lowest BCUT2D eigenvalue weighted by atomic mass is 10.1. The van der Waals surface area contributed by atoms with Crippen molar-refractivity contribution in [2.45, 2.75) is 13.3 Å². The lowest BCUT2D eigenvalue weighted by Crippen LogP contribution is -2.26. The molecule has 2 aromatic rings. The van der Waals surface area contributed by atoms with Crippen LogP contribution in [0.3, 0.4) is 0 Å². The molecule has 19 heavy (non-hydrogen) atoms. The number of nitrogens with zero attached hydrogens (tertiary/aromatic N) is 1. The molecule has 0 bridgehead atoms. The van der Waals surface area contributed by atoms with Crippen molar-refractivity contribution in [3.63, 3.8) is 0 Å². The highest BCUT2D eigenvalue weighted by atomic mass is 16.5. The number of H-pyrrole nitrogens is 1. The van der Waals surface area contributed by atoms with E-state index in [0.29, 0.717) is 18.5 Å². The molecule has 1 heterocycles. The number of amides is 1. The number of aromatic nitrogens is 2. The number of nitrogens with one attached hydrogen (secondary N) is 2. The van der Waals surface area contributed by atoms with Crippen LogP contribution in [0.25, 0.3) is 0 Å². The van der Waals surface area contributed by atoms with Crippen LogP contribution in [0.4, 0.5) is 0 Å². The topological polar surface area (TPSA) is 67.0 Å². The molecule has 0 atom stereocenters. The van der Waals surface area contributed by atoms with Gasteiger partial charge in [-0.2, -0.15) is 0 Å². The number of carbonyl (C=O) groups is 1. The van der Waals surface area contributed by atoms with Crippen LogP contribution in [0.15, 0.2) is 30.6 Å². The maximum absolute atomic E-state index is 12.0. The van der Waals surface area contributed by atoms with Crippen LogP contribution in [0.1, 0.15) is 21.7 Å². The highest BCUT2D eigenvalue weighted by Gasteiger charge is 2.08. The van der Waals surface area contributed by atoms with Crippen LogP contribution in [0.2, 0.25) is 0 Å². The Morgan fingerprint density at radius 1 is 1.47 bits per heavy atom. The van der Waals surface area contributed by atoms with Crippen molar-refractivity contribution in [2.24, 2.45) is 0 Å². The molecule has 1 aromatic carbocycles. The van der Waals surface area contributed by atoms with E-state index < -0.39 is 0 Å². The van der Waals surface area contributed by atoms with Crippen LogP contribution in [0, 0.1) is 6.92 Å². The summed E-state index contributed by atoms with van der Waals surface area (Å²) in [5.74, 6) is 1.48. The Morgan fingerprint density at radius 2 is 2.32 bits per heavy atom. The maximum Gasteiger partial charge on any atom is 0.251 e.